The fourth-order valence-corrected chi connectivity index (χ4v) is 2.42. The molecule has 0 radical (unpaired) electrons. The normalized spacial score (nSPS) is 17.9. The van der Waals surface area contributed by atoms with E-state index in [2.05, 4.69) is 0 Å². The largest absolute Gasteiger partial charge is 0.507 e. The molecule has 0 spiro atoms. The zero-order chi connectivity index (χ0) is 11.8. The monoisotopic (exact) mass is 225 g/mol. The highest BCUT2D eigenvalue weighted by Gasteiger charge is 2.41. The molecule has 0 saturated heterocycles. The van der Waals surface area contributed by atoms with Gasteiger partial charge in [0, 0.05) is 29.7 Å². The molecule has 0 atom stereocenters. The number of methoxy groups -OCH3 is 1. The Morgan fingerprint density at radius 2 is 2.19 bits per heavy atom. The molecule has 1 saturated carbocycles. The van der Waals surface area contributed by atoms with E-state index in [1.54, 1.807) is 0 Å². The first-order chi connectivity index (χ1) is 7.63. The number of rotatable bonds is 3. The Hall–Kier alpha value is -1.29. The summed E-state index contributed by atoms with van der Waals surface area (Å²) in [5.41, 5.74) is 6.20. The summed E-state index contributed by atoms with van der Waals surface area (Å²) in [6.45, 7) is 0.447. The molecule has 1 aliphatic carbocycles. The van der Waals surface area contributed by atoms with E-state index >= 15 is 0 Å². The van der Waals surface area contributed by atoms with Crippen LogP contribution in [0.3, 0.4) is 0 Å². The van der Waals surface area contributed by atoms with Crippen LogP contribution in [-0.4, -0.2) is 18.8 Å². The standard InChI is InChI=1S/C12H16FNO2/c1-16-10-6-8(13)5-9(15)11(10)12(7-14)3-2-4-12/h5-6,15H,2-4,7,14H2,1H3. The predicted octanol–water partition coefficient (Wildman–Crippen LogP) is 1.92. The summed E-state index contributed by atoms with van der Waals surface area (Å²) in [6.07, 6.45) is 2.91. The van der Waals surface area contributed by atoms with Crippen LogP contribution in [0.2, 0.25) is 0 Å². The predicted molar refractivity (Wildman–Crippen MR) is 59.2 cm³/mol. The summed E-state index contributed by atoms with van der Waals surface area (Å²) in [6, 6.07) is 2.42. The van der Waals surface area contributed by atoms with E-state index in [4.69, 9.17) is 10.5 Å². The third-order valence-electron chi connectivity index (χ3n) is 3.50. The summed E-state index contributed by atoms with van der Waals surface area (Å²) < 4.78 is 18.3. The first kappa shape index (κ1) is 11.2. The highest BCUT2D eigenvalue weighted by atomic mass is 19.1. The molecule has 88 valence electrons. The molecule has 16 heavy (non-hydrogen) atoms. The van der Waals surface area contributed by atoms with Crippen LogP contribution in [0.5, 0.6) is 11.5 Å². The zero-order valence-electron chi connectivity index (χ0n) is 9.29. The van der Waals surface area contributed by atoms with E-state index < -0.39 is 5.82 Å². The second-order valence-corrected chi connectivity index (χ2v) is 4.34. The number of aromatic hydroxyl groups is 1. The minimum atomic E-state index is -0.496. The summed E-state index contributed by atoms with van der Waals surface area (Å²) >= 11 is 0. The molecule has 0 amide bonds. The fraction of sp³-hybridized carbons (Fsp3) is 0.500. The van der Waals surface area contributed by atoms with Gasteiger partial charge in [-0.1, -0.05) is 6.42 Å². The molecule has 3 nitrogen and oxygen atoms in total. The molecule has 2 rings (SSSR count). The van der Waals surface area contributed by atoms with Crippen LogP contribution >= 0.6 is 0 Å². The van der Waals surface area contributed by atoms with Crippen molar-refractivity contribution in [1.29, 1.82) is 0 Å². The number of hydrogen-bond acceptors (Lipinski definition) is 3. The van der Waals surface area contributed by atoms with E-state index in [0.29, 0.717) is 17.9 Å². The molecule has 0 aliphatic heterocycles. The molecule has 0 aromatic heterocycles. The second-order valence-electron chi connectivity index (χ2n) is 4.34. The summed E-state index contributed by atoms with van der Waals surface area (Å²) in [7, 11) is 1.47. The number of ether oxygens (including phenoxy) is 1. The third kappa shape index (κ3) is 1.53. The number of phenolic OH excluding ortho intramolecular Hbond substituents is 1. The molecule has 1 aliphatic rings. The van der Waals surface area contributed by atoms with Crippen LogP contribution in [0, 0.1) is 5.82 Å². The molecule has 1 fully saturated rings. The maximum Gasteiger partial charge on any atom is 0.130 e. The van der Waals surface area contributed by atoms with Gasteiger partial charge in [-0.05, 0) is 12.8 Å². The number of nitrogens with two attached hydrogens (primary N) is 1. The maximum absolute atomic E-state index is 13.1. The van der Waals surface area contributed by atoms with Gasteiger partial charge < -0.3 is 15.6 Å². The lowest BCUT2D eigenvalue weighted by Crippen LogP contribution is -2.41. The number of phenols is 1. The second kappa shape index (κ2) is 3.94. The van der Waals surface area contributed by atoms with Gasteiger partial charge in [-0.3, -0.25) is 0 Å². The van der Waals surface area contributed by atoms with E-state index in [9.17, 15) is 9.50 Å². The van der Waals surface area contributed by atoms with Crippen molar-refractivity contribution in [3.8, 4) is 11.5 Å². The van der Waals surface area contributed by atoms with Crippen molar-refractivity contribution < 1.29 is 14.2 Å². The molecule has 4 heteroatoms. The van der Waals surface area contributed by atoms with E-state index in [1.165, 1.54) is 13.2 Å². The van der Waals surface area contributed by atoms with Crippen molar-refractivity contribution in [2.75, 3.05) is 13.7 Å². The van der Waals surface area contributed by atoms with Crippen molar-refractivity contribution >= 4 is 0 Å². The van der Waals surface area contributed by atoms with Crippen LogP contribution < -0.4 is 10.5 Å². The van der Waals surface area contributed by atoms with Gasteiger partial charge in [0.15, 0.2) is 0 Å². The average molecular weight is 225 g/mol. The third-order valence-corrected chi connectivity index (χ3v) is 3.50. The van der Waals surface area contributed by atoms with Crippen molar-refractivity contribution in [3.63, 3.8) is 0 Å². The first-order valence-corrected chi connectivity index (χ1v) is 5.40. The Labute approximate surface area is 94.0 Å². The van der Waals surface area contributed by atoms with Crippen LogP contribution in [0.4, 0.5) is 4.39 Å². The lowest BCUT2D eigenvalue weighted by atomic mass is 9.64. The van der Waals surface area contributed by atoms with Gasteiger partial charge in [-0.2, -0.15) is 0 Å². The lowest BCUT2D eigenvalue weighted by molar-refractivity contribution is 0.234. The summed E-state index contributed by atoms with van der Waals surface area (Å²) in [5, 5.41) is 9.86. The Bertz CT molecular complexity index is 397. The minimum Gasteiger partial charge on any atom is -0.507 e. The Kier molecular flexibility index (Phi) is 2.76. The average Bonchev–Trinajstić information content (AvgIpc) is 2.19. The number of hydrogen-bond donors (Lipinski definition) is 2. The van der Waals surface area contributed by atoms with Crippen molar-refractivity contribution in [2.45, 2.75) is 24.7 Å². The Morgan fingerprint density at radius 3 is 2.62 bits per heavy atom. The van der Waals surface area contributed by atoms with Crippen molar-refractivity contribution in [1.82, 2.24) is 0 Å². The molecular formula is C12H16FNO2. The summed E-state index contributed by atoms with van der Waals surface area (Å²) in [5.74, 6) is -0.158. The molecule has 0 bridgehead atoms. The highest BCUT2D eigenvalue weighted by molar-refractivity contribution is 5.51. The Morgan fingerprint density at radius 1 is 1.50 bits per heavy atom. The topological polar surface area (TPSA) is 55.5 Å². The van der Waals surface area contributed by atoms with Crippen LogP contribution in [0.1, 0.15) is 24.8 Å². The van der Waals surface area contributed by atoms with E-state index in [0.717, 1.165) is 25.3 Å². The smallest absolute Gasteiger partial charge is 0.130 e. The van der Waals surface area contributed by atoms with Gasteiger partial charge in [-0.25, -0.2) is 4.39 Å². The van der Waals surface area contributed by atoms with Crippen molar-refractivity contribution in [3.05, 3.63) is 23.5 Å². The van der Waals surface area contributed by atoms with Gasteiger partial charge in [0.1, 0.15) is 17.3 Å². The number of benzene rings is 1. The van der Waals surface area contributed by atoms with Gasteiger partial charge in [-0.15, -0.1) is 0 Å². The molecule has 1 aromatic carbocycles. The lowest BCUT2D eigenvalue weighted by Gasteiger charge is -2.42. The van der Waals surface area contributed by atoms with E-state index in [-0.39, 0.29) is 11.2 Å². The van der Waals surface area contributed by atoms with Crippen LogP contribution in [0.25, 0.3) is 0 Å². The van der Waals surface area contributed by atoms with Crippen LogP contribution in [0.15, 0.2) is 12.1 Å². The fourth-order valence-electron chi connectivity index (χ4n) is 2.42. The molecule has 0 unspecified atom stereocenters. The minimum absolute atomic E-state index is 0.0537. The van der Waals surface area contributed by atoms with E-state index in [1.807, 2.05) is 0 Å². The highest BCUT2D eigenvalue weighted by Crippen LogP contribution is 2.50. The molecular weight excluding hydrogens is 209 g/mol. The zero-order valence-corrected chi connectivity index (χ0v) is 9.29. The number of halogens is 1. The van der Waals surface area contributed by atoms with Crippen molar-refractivity contribution in [2.24, 2.45) is 5.73 Å². The Balaban J connectivity index is 2.54. The maximum atomic E-state index is 13.1. The summed E-state index contributed by atoms with van der Waals surface area (Å²) in [4.78, 5) is 0. The SMILES string of the molecule is COc1cc(F)cc(O)c1C1(CN)CCC1. The van der Waals surface area contributed by atoms with Crippen LogP contribution in [-0.2, 0) is 5.41 Å². The molecule has 1 aromatic rings. The molecule has 0 heterocycles. The quantitative estimate of drug-likeness (QED) is 0.826. The van der Waals surface area contributed by atoms with Gasteiger partial charge in [0.25, 0.3) is 0 Å². The molecule has 3 N–H and O–H groups in total. The first-order valence-electron chi connectivity index (χ1n) is 5.40. The van der Waals surface area contributed by atoms with Gasteiger partial charge >= 0.3 is 0 Å². The van der Waals surface area contributed by atoms with Gasteiger partial charge in [0.05, 0.1) is 7.11 Å². The van der Waals surface area contributed by atoms with Gasteiger partial charge in [0.2, 0.25) is 0 Å².